The molecule has 0 aliphatic carbocycles. The minimum Gasteiger partial charge on any atom is -0.508 e. The summed E-state index contributed by atoms with van der Waals surface area (Å²) < 4.78 is 0. The highest BCUT2D eigenvalue weighted by molar-refractivity contribution is 5.87. The predicted molar refractivity (Wildman–Crippen MR) is 73.8 cm³/mol. The molecule has 21 heavy (non-hydrogen) atoms. The minimum absolute atomic E-state index is 0.0961. The number of benzene rings is 1. The van der Waals surface area contributed by atoms with Crippen molar-refractivity contribution in [1.82, 2.24) is 10.6 Å². The maximum absolute atomic E-state index is 12.0. The molecule has 2 rings (SSSR count). The number of phenolic OH excluding ortho intramolecular Hbond substituents is 1. The number of hydrogen-bond acceptors (Lipinski definition) is 5. The molecule has 1 aliphatic heterocycles. The van der Waals surface area contributed by atoms with Crippen molar-refractivity contribution >= 4 is 11.9 Å². The number of nitrogens with one attached hydrogen (secondary N) is 2. The van der Waals surface area contributed by atoms with Gasteiger partial charge in [0.1, 0.15) is 11.8 Å². The van der Waals surface area contributed by atoms with Gasteiger partial charge in [0.05, 0.1) is 12.1 Å². The lowest BCUT2D eigenvalue weighted by atomic mass is 10.0. The summed E-state index contributed by atoms with van der Waals surface area (Å²) >= 11 is 0. The number of aliphatic hydroxyl groups excluding tert-OH is 1. The molecule has 1 saturated heterocycles. The highest BCUT2D eigenvalue weighted by Crippen LogP contribution is 2.12. The number of carbonyl (C=O) groups excluding carboxylic acids is 1. The molecule has 2 unspecified atom stereocenters. The van der Waals surface area contributed by atoms with Crippen LogP contribution in [0.5, 0.6) is 5.75 Å². The Hall–Kier alpha value is -2.12. The van der Waals surface area contributed by atoms with E-state index in [9.17, 15) is 24.9 Å². The fraction of sp³-hybridized carbons (Fsp3) is 0.429. The van der Waals surface area contributed by atoms with Crippen molar-refractivity contribution < 1.29 is 24.9 Å². The number of rotatable bonds is 5. The van der Waals surface area contributed by atoms with E-state index >= 15 is 0 Å². The van der Waals surface area contributed by atoms with Gasteiger partial charge in [-0.3, -0.25) is 4.79 Å². The second kappa shape index (κ2) is 6.55. The zero-order valence-corrected chi connectivity index (χ0v) is 11.3. The highest BCUT2D eigenvalue weighted by atomic mass is 16.4. The molecule has 7 nitrogen and oxygen atoms in total. The third kappa shape index (κ3) is 4.17. The Kier molecular flexibility index (Phi) is 4.77. The van der Waals surface area contributed by atoms with Gasteiger partial charge >= 0.3 is 5.97 Å². The fourth-order valence-corrected chi connectivity index (χ4v) is 2.26. The number of carboxylic acid groups (broad SMARTS) is 1. The number of aliphatic carboxylic acids is 1. The van der Waals surface area contributed by atoms with E-state index in [0.29, 0.717) is 12.1 Å². The molecule has 114 valence electrons. The third-order valence-electron chi connectivity index (χ3n) is 3.41. The number of amides is 1. The average Bonchev–Trinajstić information content (AvgIpc) is 2.87. The van der Waals surface area contributed by atoms with E-state index in [2.05, 4.69) is 10.6 Å². The maximum atomic E-state index is 12.0. The number of carbonyl (C=O) groups is 2. The monoisotopic (exact) mass is 294 g/mol. The van der Waals surface area contributed by atoms with Gasteiger partial charge in [0.15, 0.2) is 0 Å². The van der Waals surface area contributed by atoms with Gasteiger partial charge in [0.25, 0.3) is 0 Å². The van der Waals surface area contributed by atoms with Crippen LogP contribution in [0, 0.1) is 0 Å². The quantitative estimate of drug-likeness (QED) is 0.486. The van der Waals surface area contributed by atoms with Crippen LogP contribution < -0.4 is 10.6 Å². The van der Waals surface area contributed by atoms with Gasteiger partial charge in [-0.2, -0.15) is 0 Å². The molecule has 0 aromatic heterocycles. The van der Waals surface area contributed by atoms with Gasteiger partial charge in [-0.25, -0.2) is 4.79 Å². The average molecular weight is 294 g/mol. The van der Waals surface area contributed by atoms with E-state index in [0.717, 1.165) is 0 Å². The molecule has 1 heterocycles. The number of carboxylic acids is 1. The smallest absolute Gasteiger partial charge is 0.326 e. The van der Waals surface area contributed by atoms with Crippen molar-refractivity contribution in [3.63, 3.8) is 0 Å². The Labute approximate surface area is 121 Å². The Balaban J connectivity index is 1.97. The molecule has 0 spiro atoms. The summed E-state index contributed by atoms with van der Waals surface area (Å²) in [7, 11) is 0. The van der Waals surface area contributed by atoms with Crippen LogP contribution in [0.3, 0.4) is 0 Å². The largest absolute Gasteiger partial charge is 0.508 e. The maximum Gasteiger partial charge on any atom is 0.326 e. The number of aliphatic hydroxyl groups is 1. The zero-order chi connectivity index (χ0) is 15.4. The lowest BCUT2D eigenvalue weighted by Crippen LogP contribution is -2.49. The van der Waals surface area contributed by atoms with Crippen molar-refractivity contribution in [3.8, 4) is 5.75 Å². The van der Waals surface area contributed by atoms with Crippen LogP contribution in [-0.4, -0.2) is 51.9 Å². The summed E-state index contributed by atoms with van der Waals surface area (Å²) in [6.07, 6.45) is -0.185. The molecule has 1 aromatic carbocycles. The fourth-order valence-electron chi connectivity index (χ4n) is 2.26. The van der Waals surface area contributed by atoms with Gasteiger partial charge < -0.3 is 26.0 Å². The van der Waals surface area contributed by atoms with Gasteiger partial charge in [-0.1, -0.05) is 12.1 Å². The van der Waals surface area contributed by atoms with E-state index in [1.54, 1.807) is 12.1 Å². The van der Waals surface area contributed by atoms with Crippen molar-refractivity contribution in [3.05, 3.63) is 29.8 Å². The first-order valence-electron chi connectivity index (χ1n) is 6.68. The first-order chi connectivity index (χ1) is 9.95. The van der Waals surface area contributed by atoms with Crippen LogP contribution in [0.25, 0.3) is 0 Å². The Morgan fingerprint density at radius 1 is 1.33 bits per heavy atom. The number of β-amino-alcohol motifs (C(OH)–C–C–N with tert-alkyl or cyclic N) is 1. The molecule has 0 bridgehead atoms. The van der Waals surface area contributed by atoms with Crippen molar-refractivity contribution in [2.75, 3.05) is 6.54 Å². The van der Waals surface area contributed by atoms with Crippen LogP contribution in [0.2, 0.25) is 0 Å². The molecular weight excluding hydrogens is 276 g/mol. The van der Waals surface area contributed by atoms with Crippen molar-refractivity contribution in [2.45, 2.75) is 31.0 Å². The van der Waals surface area contributed by atoms with E-state index in [1.807, 2.05) is 0 Å². The number of aromatic hydroxyl groups is 1. The van der Waals surface area contributed by atoms with Crippen LogP contribution in [0.4, 0.5) is 0 Å². The molecule has 7 heteroatoms. The molecule has 1 aliphatic rings. The summed E-state index contributed by atoms with van der Waals surface area (Å²) in [5.74, 6) is -1.47. The first kappa shape index (κ1) is 15.3. The van der Waals surface area contributed by atoms with Gasteiger partial charge in [0, 0.05) is 13.0 Å². The second-order valence-corrected chi connectivity index (χ2v) is 5.12. The van der Waals surface area contributed by atoms with E-state index < -0.39 is 30.1 Å². The lowest BCUT2D eigenvalue weighted by molar-refractivity contribution is -0.142. The summed E-state index contributed by atoms with van der Waals surface area (Å²) in [4.78, 5) is 23.2. The minimum atomic E-state index is -1.13. The zero-order valence-electron chi connectivity index (χ0n) is 11.3. The number of phenols is 1. The Morgan fingerprint density at radius 3 is 2.52 bits per heavy atom. The van der Waals surface area contributed by atoms with E-state index in [-0.39, 0.29) is 18.6 Å². The molecule has 1 aromatic rings. The van der Waals surface area contributed by atoms with Crippen molar-refractivity contribution in [2.24, 2.45) is 0 Å². The topological polar surface area (TPSA) is 119 Å². The van der Waals surface area contributed by atoms with Crippen LogP contribution >= 0.6 is 0 Å². The molecule has 0 radical (unpaired) electrons. The SMILES string of the molecule is O=C(N[C@@H](Cc1ccc(O)cc1)C(=O)O)C1CC(O)CN1. The summed E-state index contributed by atoms with van der Waals surface area (Å²) in [6, 6.07) is 4.52. The summed E-state index contributed by atoms with van der Waals surface area (Å²) in [5, 5.41) is 33.1. The number of hydrogen-bond donors (Lipinski definition) is 5. The molecular formula is C14H18N2O5. The van der Waals surface area contributed by atoms with E-state index in [4.69, 9.17) is 0 Å². The Morgan fingerprint density at radius 2 is 2.00 bits per heavy atom. The standard InChI is InChI=1S/C14H18N2O5/c17-9-3-1-8(2-4-9)5-12(14(20)21)16-13(19)11-6-10(18)7-15-11/h1-4,10-12,15,17-18H,5-7H2,(H,16,19)(H,20,21)/t10?,11?,12-/m0/s1. The van der Waals surface area contributed by atoms with Crippen LogP contribution in [0.15, 0.2) is 24.3 Å². The molecule has 3 atom stereocenters. The summed E-state index contributed by atoms with van der Waals surface area (Å²) in [5.41, 5.74) is 0.694. The van der Waals surface area contributed by atoms with Crippen LogP contribution in [-0.2, 0) is 16.0 Å². The first-order valence-corrected chi connectivity index (χ1v) is 6.68. The summed E-state index contributed by atoms with van der Waals surface area (Å²) in [6.45, 7) is 0.327. The van der Waals surface area contributed by atoms with Gasteiger partial charge in [-0.05, 0) is 24.1 Å². The van der Waals surface area contributed by atoms with Gasteiger partial charge in [-0.15, -0.1) is 0 Å². The molecule has 1 fully saturated rings. The van der Waals surface area contributed by atoms with E-state index in [1.165, 1.54) is 12.1 Å². The lowest BCUT2D eigenvalue weighted by Gasteiger charge is -2.17. The molecule has 5 N–H and O–H groups in total. The van der Waals surface area contributed by atoms with Crippen LogP contribution in [0.1, 0.15) is 12.0 Å². The molecule has 1 amide bonds. The normalized spacial score (nSPS) is 22.7. The molecule has 0 saturated carbocycles. The van der Waals surface area contributed by atoms with Crippen molar-refractivity contribution in [1.29, 1.82) is 0 Å². The third-order valence-corrected chi connectivity index (χ3v) is 3.41. The second-order valence-electron chi connectivity index (χ2n) is 5.12. The Bertz CT molecular complexity index is 517. The van der Waals surface area contributed by atoms with Gasteiger partial charge in [0.2, 0.25) is 5.91 Å². The highest BCUT2D eigenvalue weighted by Gasteiger charge is 2.30. The predicted octanol–water partition coefficient (Wildman–Crippen LogP) is -0.773.